The van der Waals surface area contributed by atoms with Crippen LogP contribution in [0.1, 0.15) is 4.88 Å². The standard InChI is InChI=1S/C11H7NO3S2/c13-9-7(4-6-2-1-3-16-6)10-12(9)8(5-17-10)11(14)15/h1-5,10H,(H,14,15)/b7-4-/t10-/m1/s1. The lowest BCUT2D eigenvalue weighted by molar-refractivity contribution is -0.141. The molecule has 0 aliphatic carbocycles. The molecule has 1 amide bonds. The minimum atomic E-state index is -1.05. The number of hydrogen-bond donors (Lipinski definition) is 1. The van der Waals surface area contributed by atoms with Crippen LogP contribution < -0.4 is 0 Å². The van der Waals surface area contributed by atoms with Crippen molar-refractivity contribution < 1.29 is 14.7 Å². The van der Waals surface area contributed by atoms with E-state index in [0.29, 0.717) is 5.57 Å². The Bertz CT molecular complexity index is 559. The summed E-state index contributed by atoms with van der Waals surface area (Å²) in [5.41, 5.74) is 0.748. The summed E-state index contributed by atoms with van der Waals surface area (Å²) >= 11 is 2.91. The topological polar surface area (TPSA) is 57.6 Å². The predicted octanol–water partition coefficient (Wildman–Crippen LogP) is 1.97. The molecule has 2 aliphatic rings. The van der Waals surface area contributed by atoms with Crippen molar-refractivity contribution in [2.24, 2.45) is 0 Å². The van der Waals surface area contributed by atoms with E-state index in [1.807, 2.05) is 23.6 Å². The molecule has 86 valence electrons. The lowest BCUT2D eigenvalue weighted by Gasteiger charge is -2.37. The third-order valence-electron chi connectivity index (χ3n) is 2.59. The number of carbonyl (C=O) groups excluding carboxylic acids is 1. The number of aliphatic carboxylic acids is 1. The highest BCUT2D eigenvalue weighted by molar-refractivity contribution is 8.03. The van der Waals surface area contributed by atoms with Crippen LogP contribution in [0, 0.1) is 0 Å². The van der Waals surface area contributed by atoms with E-state index in [2.05, 4.69) is 0 Å². The summed E-state index contributed by atoms with van der Waals surface area (Å²) < 4.78 is 0. The van der Waals surface area contributed by atoms with Gasteiger partial charge in [-0.3, -0.25) is 9.69 Å². The summed E-state index contributed by atoms with van der Waals surface area (Å²) in [6, 6.07) is 3.85. The Labute approximate surface area is 105 Å². The van der Waals surface area contributed by atoms with E-state index in [1.165, 1.54) is 22.1 Å². The van der Waals surface area contributed by atoms with Gasteiger partial charge in [-0.05, 0) is 17.5 Å². The highest BCUT2D eigenvalue weighted by Gasteiger charge is 2.49. The van der Waals surface area contributed by atoms with Gasteiger partial charge in [-0.1, -0.05) is 6.07 Å². The van der Waals surface area contributed by atoms with E-state index in [9.17, 15) is 9.59 Å². The third-order valence-corrected chi connectivity index (χ3v) is 4.50. The zero-order valence-electron chi connectivity index (χ0n) is 8.49. The molecule has 0 unspecified atom stereocenters. The smallest absolute Gasteiger partial charge is 0.353 e. The molecule has 2 aliphatic heterocycles. The molecule has 1 saturated heterocycles. The largest absolute Gasteiger partial charge is 0.477 e. The molecule has 1 fully saturated rings. The Balaban J connectivity index is 1.87. The minimum Gasteiger partial charge on any atom is -0.477 e. The zero-order valence-corrected chi connectivity index (χ0v) is 10.1. The first kappa shape index (κ1) is 10.6. The van der Waals surface area contributed by atoms with Crippen molar-refractivity contribution in [2.75, 3.05) is 0 Å². The molecule has 0 aromatic carbocycles. The first-order chi connectivity index (χ1) is 8.18. The Hall–Kier alpha value is -1.53. The van der Waals surface area contributed by atoms with Crippen LogP contribution in [0.5, 0.6) is 0 Å². The average molecular weight is 265 g/mol. The van der Waals surface area contributed by atoms with Gasteiger partial charge in [-0.25, -0.2) is 4.79 Å². The second-order valence-electron chi connectivity index (χ2n) is 3.59. The quantitative estimate of drug-likeness (QED) is 0.656. The number of nitrogens with zero attached hydrogens (tertiary/aromatic N) is 1. The van der Waals surface area contributed by atoms with Gasteiger partial charge in [0.1, 0.15) is 11.1 Å². The number of thiophene rings is 1. The van der Waals surface area contributed by atoms with Gasteiger partial charge in [0, 0.05) is 10.3 Å². The maximum Gasteiger partial charge on any atom is 0.353 e. The van der Waals surface area contributed by atoms with Crippen molar-refractivity contribution in [1.82, 2.24) is 4.90 Å². The number of hydrogen-bond acceptors (Lipinski definition) is 4. The molecule has 6 heteroatoms. The monoisotopic (exact) mass is 265 g/mol. The van der Waals surface area contributed by atoms with Crippen LogP contribution in [0.15, 0.2) is 34.2 Å². The van der Waals surface area contributed by atoms with E-state index in [0.717, 1.165) is 4.88 Å². The predicted molar refractivity (Wildman–Crippen MR) is 66.2 cm³/mol. The van der Waals surface area contributed by atoms with Gasteiger partial charge in [0.25, 0.3) is 5.91 Å². The van der Waals surface area contributed by atoms with Gasteiger partial charge in [-0.15, -0.1) is 23.1 Å². The molecule has 1 aromatic rings. The molecule has 1 N–H and O–H groups in total. The zero-order chi connectivity index (χ0) is 12.0. The number of thioether (sulfide) groups is 1. The number of carboxylic acid groups (broad SMARTS) is 1. The fraction of sp³-hybridized carbons (Fsp3) is 0.0909. The second kappa shape index (κ2) is 3.75. The number of fused-ring (bicyclic) bond motifs is 1. The van der Waals surface area contributed by atoms with E-state index >= 15 is 0 Å². The molecule has 3 heterocycles. The van der Waals surface area contributed by atoms with E-state index < -0.39 is 5.97 Å². The molecule has 1 aromatic heterocycles. The number of carboxylic acids is 1. The Kier molecular flexibility index (Phi) is 2.34. The maximum atomic E-state index is 11.8. The SMILES string of the molecule is O=C(O)C1=CS[C@@H]2/C(=C\c3cccs3)C(=O)N12. The molecule has 17 heavy (non-hydrogen) atoms. The van der Waals surface area contributed by atoms with Crippen molar-refractivity contribution in [3.8, 4) is 0 Å². The summed E-state index contributed by atoms with van der Waals surface area (Å²) in [6.07, 6.45) is 1.83. The van der Waals surface area contributed by atoms with Crippen LogP contribution in [0.2, 0.25) is 0 Å². The lowest BCUT2D eigenvalue weighted by atomic mass is 10.0. The van der Waals surface area contributed by atoms with Crippen LogP contribution in [0.25, 0.3) is 6.08 Å². The molecule has 0 bridgehead atoms. The van der Waals surface area contributed by atoms with Gasteiger partial charge in [-0.2, -0.15) is 0 Å². The molecule has 1 atom stereocenters. The number of carbonyl (C=O) groups is 2. The van der Waals surface area contributed by atoms with Gasteiger partial charge >= 0.3 is 5.97 Å². The lowest BCUT2D eigenvalue weighted by Crippen LogP contribution is -2.51. The first-order valence-corrected chi connectivity index (χ1v) is 6.68. The van der Waals surface area contributed by atoms with E-state index in [4.69, 9.17) is 5.11 Å². The van der Waals surface area contributed by atoms with Crippen LogP contribution >= 0.6 is 23.1 Å². The van der Waals surface area contributed by atoms with Gasteiger partial charge in [0.05, 0.1) is 5.57 Å². The Morgan fingerprint density at radius 1 is 1.53 bits per heavy atom. The van der Waals surface area contributed by atoms with Gasteiger partial charge in [0.2, 0.25) is 0 Å². The van der Waals surface area contributed by atoms with E-state index in [1.54, 1.807) is 11.3 Å². The maximum absolute atomic E-state index is 11.8. The Morgan fingerprint density at radius 3 is 3.00 bits per heavy atom. The van der Waals surface area contributed by atoms with Gasteiger partial charge < -0.3 is 5.11 Å². The molecule has 0 radical (unpaired) electrons. The number of amides is 1. The van der Waals surface area contributed by atoms with Crippen molar-refractivity contribution in [3.05, 3.63) is 39.1 Å². The molecular weight excluding hydrogens is 258 g/mol. The second-order valence-corrected chi connectivity index (χ2v) is 5.52. The highest BCUT2D eigenvalue weighted by Crippen LogP contribution is 2.45. The first-order valence-electron chi connectivity index (χ1n) is 4.86. The van der Waals surface area contributed by atoms with Crippen LogP contribution in [-0.2, 0) is 9.59 Å². The summed E-state index contributed by atoms with van der Waals surface area (Å²) in [5.74, 6) is -1.26. The molecular formula is C11H7NO3S2. The molecule has 0 spiro atoms. The number of rotatable bonds is 2. The van der Waals surface area contributed by atoms with Crippen LogP contribution in [-0.4, -0.2) is 27.3 Å². The third kappa shape index (κ3) is 1.52. The molecule has 0 saturated carbocycles. The fourth-order valence-electron chi connectivity index (χ4n) is 1.79. The fourth-order valence-corrected chi connectivity index (χ4v) is 3.58. The molecule has 3 rings (SSSR count). The summed E-state index contributed by atoms with van der Waals surface area (Å²) in [7, 11) is 0. The summed E-state index contributed by atoms with van der Waals surface area (Å²) in [4.78, 5) is 25.0. The Morgan fingerprint density at radius 2 is 2.35 bits per heavy atom. The minimum absolute atomic E-state index is 0.0772. The number of β-lactam (4-membered cyclic amide) rings is 1. The normalized spacial score (nSPS) is 24.6. The van der Waals surface area contributed by atoms with E-state index in [-0.39, 0.29) is 17.0 Å². The van der Waals surface area contributed by atoms with Gasteiger partial charge in [0.15, 0.2) is 0 Å². The summed E-state index contributed by atoms with van der Waals surface area (Å²) in [6.45, 7) is 0. The van der Waals surface area contributed by atoms with Crippen molar-refractivity contribution in [1.29, 1.82) is 0 Å². The van der Waals surface area contributed by atoms with Crippen LogP contribution in [0.3, 0.4) is 0 Å². The summed E-state index contributed by atoms with van der Waals surface area (Å²) in [5, 5.41) is 12.2. The van der Waals surface area contributed by atoms with Crippen LogP contribution in [0.4, 0.5) is 0 Å². The van der Waals surface area contributed by atoms with Crippen molar-refractivity contribution >= 4 is 41.1 Å². The molecule has 4 nitrogen and oxygen atoms in total. The average Bonchev–Trinajstić information content (AvgIpc) is 2.93. The van der Waals surface area contributed by atoms with Crippen molar-refractivity contribution in [3.63, 3.8) is 0 Å². The van der Waals surface area contributed by atoms with Crippen molar-refractivity contribution in [2.45, 2.75) is 5.37 Å². The highest BCUT2D eigenvalue weighted by atomic mass is 32.2.